The number of thioether (sulfide) groups is 1. The number of hydrogen-bond donors (Lipinski definition) is 2. The van der Waals surface area contributed by atoms with Crippen LogP contribution in [0.2, 0.25) is 0 Å². The number of halogens is 1. The van der Waals surface area contributed by atoms with Crippen LogP contribution in [-0.2, 0) is 0 Å². The molecule has 2 N–H and O–H groups in total. The average molecular weight is 330 g/mol. The van der Waals surface area contributed by atoms with Crippen LogP contribution in [0.25, 0.3) is 0 Å². The van der Waals surface area contributed by atoms with Crippen molar-refractivity contribution >= 4 is 39.3 Å². The topological polar surface area (TPSA) is 49.3 Å². The molecule has 2 unspecified atom stereocenters. The number of anilines is 1. The van der Waals surface area contributed by atoms with Crippen LogP contribution < -0.4 is 5.32 Å². The van der Waals surface area contributed by atoms with Crippen LogP contribution >= 0.6 is 27.7 Å². The van der Waals surface area contributed by atoms with Crippen LogP contribution in [0.5, 0.6) is 0 Å². The number of rotatable bonds is 4. The molecule has 3 nitrogen and oxygen atoms in total. The van der Waals surface area contributed by atoms with E-state index >= 15 is 0 Å². The van der Waals surface area contributed by atoms with Crippen molar-refractivity contribution in [2.24, 2.45) is 0 Å². The fourth-order valence-electron chi connectivity index (χ4n) is 2.32. The van der Waals surface area contributed by atoms with E-state index < -0.39 is 5.97 Å². The van der Waals surface area contributed by atoms with Crippen LogP contribution in [0.15, 0.2) is 22.7 Å². The van der Waals surface area contributed by atoms with Crippen molar-refractivity contribution in [2.45, 2.75) is 30.6 Å². The van der Waals surface area contributed by atoms with E-state index in [1.165, 1.54) is 6.42 Å². The largest absolute Gasteiger partial charge is 0.478 e. The average Bonchev–Trinajstić information content (AvgIpc) is 2.76. The second-order valence-electron chi connectivity index (χ2n) is 4.55. The highest BCUT2D eigenvalue weighted by molar-refractivity contribution is 9.10. The number of carbonyl (C=O) groups is 1. The molecule has 18 heavy (non-hydrogen) atoms. The van der Waals surface area contributed by atoms with Crippen LogP contribution in [-0.4, -0.2) is 28.6 Å². The van der Waals surface area contributed by atoms with Gasteiger partial charge in [-0.2, -0.15) is 11.8 Å². The van der Waals surface area contributed by atoms with Crippen LogP contribution in [0.3, 0.4) is 0 Å². The lowest BCUT2D eigenvalue weighted by atomic mass is 10.1. The summed E-state index contributed by atoms with van der Waals surface area (Å²) >= 11 is 5.26. The van der Waals surface area contributed by atoms with Gasteiger partial charge in [0.2, 0.25) is 0 Å². The predicted octanol–water partition coefficient (Wildman–Crippen LogP) is 3.84. The van der Waals surface area contributed by atoms with Crippen molar-refractivity contribution in [1.29, 1.82) is 0 Å². The highest BCUT2D eigenvalue weighted by Crippen LogP contribution is 2.31. The van der Waals surface area contributed by atoms with Crippen LogP contribution in [0.4, 0.5) is 5.69 Å². The molecule has 2 atom stereocenters. The van der Waals surface area contributed by atoms with Crippen molar-refractivity contribution < 1.29 is 9.90 Å². The van der Waals surface area contributed by atoms with Gasteiger partial charge in [0, 0.05) is 21.5 Å². The molecule has 1 aliphatic carbocycles. The van der Waals surface area contributed by atoms with E-state index in [1.807, 2.05) is 17.8 Å². The first-order chi connectivity index (χ1) is 8.58. The van der Waals surface area contributed by atoms with Crippen molar-refractivity contribution in [3.05, 3.63) is 28.2 Å². The van der Waals surface area contributed by atoms with Crippen LogP contribution in [0.1, 0.15) is 29.6 Å². The summed E-state index contributed by atoms with van der Waals surface area (Å²) in [6, 6.07) is 5.70. The summed E-state index contributed by atoms with van der Waals surface area (Å²) in [5.74, 6) is -0.896. The summed E-state index contributed by atoms with van der Waals surface area (Å²) in [7, 11) is 0. The lowest BCUT2D eigenvalue weighted by molar-refractivity contribution is 0.0697. The smallest absolute Gasteiger partial charge is 0.335 e. The Balaban J connectivity index is 2.07. The van der Waals surface area contributed by atoms with Crippen LogP contribution in [0, 0.1) is 0 Å². The lowest BCUT2D eigenvalue weighted by Crippen LogP contribution is -2.16. The molecule has 1 aromatic carbocycles. The minimum Gasteiger partial charge on any atom is -0.478 e. The summed E-state index contributed by atoms with van der Waals surface area (Å²) in [6.45, 7) is 0. The van der Waals surface area contributed by atoms with Gasteiger partial charge in [-0.15, -0.1) is 0 Å². The fourth-order valence-corrected chi connectivity index (χ4v) is 3.61. The molecular formula is C13H16BrNO2S. The molecule has 1 saturated carbocycles. The zero-order valence-electron chi connectivity index (χ0n) is 10.1. The molecular weight excluding hydrogens is 314 g/mol. The van der Waals surface area contributed by atoms with Gasteiger partial charge in [-0.3, -0.25) is 0 Å². The molecule has 98 valence electrons. The van der Waals surface area contributed by atoms with Gasteiger partial charge in [-0.25, -0.2) is 4.79 Å². The van der Waals surface area contributed by atoms with E-state index in [-0.39, 0.29) is 0 Å². The SMILES string of the molecule is CSC1CCC(Nc2cc(Br)cc(C(=O)O)c2)C1. The molecule has 5 heteroatoms. The van der Waals surface area contributed by atoms with Gasteiger partial charge < -0.3 is 10.4 Å². The van der Waals surface area contributed by atoms with E-state index in [1.54, 1.807) is 12.1 Å². The highest BCUT2D eigenvalue weighted by atomic mass is 79.9. The zero-order chi connectivity index (χ0) is 13.1. The number of carboxylic acids is 1. The summed E-state index contributed by atoms with van der Waals surface area (Å²) < 4.78 is 0.796. The molecule has 0 radical (unpaired) electrons. The first-order valence-electron chi connectivity index (χ1n) is 5.91. The van der Waals surface area contributed by atoms with Gasteiger partial charge in [0.05, 0.1) is 5.56 Å². The third kappa shape index (κ3) is 3.42. The van der Waals surface area contributed by atoms with E-state index in [9.17, 15) is 4.79 Å². The van der Waals surface area contributed by atoms with E-state index in [0.29, 0.717) is 11.6 Å². The Morgan fingerprint density at radius 1 is 1.44 bits per heavy atom. The molecule has 1 fully saturated rings. The lowest BCUT2D eigenvalue weighted by Gasteiger charge is -2.15. The standard InChI is InChI=1S/C13H16BrNO2S/c1-18-12-3-2-10(7-12)15-11-5-8(13(16)17)4-9(14)6-11/h4-6,10,12,15H,2-3,7H2,1H3,(H,16,17). The van der Waals surface area contributed by atoms with Gasteiger partial charge in [0.15, 0.2) is 0 Å². The molecule has 0 aromatic heterocycles. The molecule has 0 saturated heterocycles. The predicted molar refractivity (Wildman–Crippen MR) is 79.7 cm³/mol. The van der Waals surface area contributed by atoms with E-state index in [2.05, 4.69) is 27.5 Å². The number of nitrogens with one attached hydrogen (secondary N) is 1. The minimum atomic E-state index is -0.896. The van der Waals surface area contributed by atoms with Crippen molar-refractivity contribution in [2.75, 3.05) is 11.6 Å². The fraction of sp³-hybridized carbons (Fsp3) is 0.462. The molecule has 0 spiro atoms. The quantitative estimate of drug-likeness (QED) is 0.881. The maximum atomic E-state index is 11.0. The second kappa shape index (κ2) is 5.97. The summed E-state index contributed by atoms with van der Waals surface area (Å²) in [5.41, 5.74) is 1.19. The van der Waals surface area contributed by atoms with Crippen molar-refractivity contribution in [1.82, 2.24) is 0 Å². The Bertz CT molecular complexity index is 453. The second-order valence-corrected chi connectivity index (χ2v) is 6.60. The van der Waals surface area contributed by atoms with E-state index in [0.717, 1.165) is 28.3 Å². The number of aromatic carboxylic acids is 1. The molecule has 0 bridgehead atoms. The Morgan fingerprint density at radius 2 is 2.22 bits per heavy atom. The van der Waals surface area contributed by atoms with Gasteiger partial charge >= 0.3 is 5.97 Å². The summed E-state index contributed by atoms with van der Waals surface area (Å²) in [6.07, 6.45) is 5.68. The molecule has 0 aliphatic heterocycles. The normalized spacial score (nSPS) is 23.0. The number of benzene rings is 1. The molecule has 0 heterocycles. The minimum absolute atomic E-state index is 0.311. The highest BCUT2D eigenvalue weighted by Gasteiger charge is 2.23. The first-order valence-corrected chi connectivity index (χ1v) is 8.00. The van der Waals surface area contributed by atoms with Gasteiger partial charge in [0.25, 0.3) is 0 Å². The van der Waals surface area contributed by atoms with Gasteiger partial charge in [0.1, 0.15) is 0 Å². The van der Waals surface area contributed by atoms with Crippen molar-refractivity contribution in [3.8, 4) is 0 Å². The Kier molecular flexibility index (Phi) is 4.56. The summed E-state index contributed by atoms with van der Waals surface area (Å²) in [5, 5.41) is 13.2. The Hall–Kier alpha value is -0.680. The monoisotopic (exact) mass is 329 g/mol. The first kappa shape index (κ1) is 13.7. The molecule has 1 aliphatic rings. The maximum absolute atomic E-state index is 11.0. The van der Waals surface area contributed by atoms with E-state index in [4.69, 9.17) is 5.11 Å². The number of hydrogen-bond acceptors (Lipinski definition) is 3. The molecule has 1 aromatic rings. The molecule has 2 rings (SSSR count). The Morgan fingerprint density at radius 3 is 2.83 bits per heavy atom. The van der Waals surface area contributed by atoms with Gasteiger partial charge in [-0.1, -0.05) is 15.9 Å². The third-order valence-corrected chi connectivity index (χ3v) is 4.79. The van der Waals surface area contributed by atoms with Gasteiger partial charge in [-0.05, 0) is 43.7 Å². The summed E-state index contributed by atoms with van der Waals surface area (Å²) in [4.78, 5) is 11.0. The Labute approximate surface area is 119 Å². The number of carboxylic acid groups (broad SMARTS) is 1. The third-order valence-electron chi connectivity index (χ3n) is 3.23. The molecule has 0 amide bonds. The van der Waals surface area contributed by atoms with Crippen molar-refractivity contribution in [3.63, 3.8) is 0 Å². The zero-order valence-corrected chi connectivity index (χ0v) is 12.6. The maximum Gasteiger partial charge on any atom is 0.335 e.